The number of carbonyl (C=O) groups is 6. The summed E-state index contributed by atoms with van der Waals surface area (Å²) in [6.07, 6.45) is 0. The van der Waals surface area contributed by atoms with E-state index in [9.17, 15) is 28.8 Å². The van der Waals surface area contributed by atoms with Gasteiger partial charge in [-0.3, -0.25) is 9.59 Å². The van der Waals surface area contributed by atoms with Crippen LogP contribution < -0.4 is 0 Å². The molecule has 1 aromatic rings. The number of esters is 6. The zero-order chi connectivity index (χ0) is 28.9. The van der Waals surface area contributed by atoms with Crippen molar-refractivity contribution in [3.8, 4) is 0 Å². The Morgan fingerprint density at radius 3 is 1.29 bits per heavy atom. The number of hydrogen-bond acceptors (Lipinski definition) is 12. The maximum absolute atomic E-state index is 13.9. The van der Waals surface area contributed by atoms with Crippen molar-refractivity contribution in [3.05, 3.63) is 57.2 Å². The molecule has 1 aliphatic rings. The molecule has 1 aromatic carbocycles. The predicted octanol–water partition coefficient (Wildman–Crippen LogP) is 1.02. The molecule has 0 radical (unpaired) electrons. The Hall–Kier alpha value is -4.48. The topological polar surface area (TPSA) is 158 Å². The van der Waals surface area contributed by atoms with Crippen molar-refractivity contribution < 1.29 is 57.2 Å². The van der Waals surface area contributed by atoms with Gasteiger partial charge in [0, 0.05) is 0 Å². The van der Waals surface area contributed by atoms with E-state index in [-0.39, 0.29) is 5.56 Å². The molecule has 0 N–H and O–H groups in total. The summed E-state index contributed by atoms with van der Waals surface area (Å²) in [6, 6.07) is 4.79. The zero-order valence-electron chi connectivity index (χ0n) is 22.2. The van der Waals surface area contributed by atoms with Gasteiger partial charge in [0.15, 0.2) is 5.41 Å². The Balaban J connectivity index is 3.43. The number of benzene rings is 1. The lowest BCUT2D eigenvalue weighted by molar-refractivity contribution is -0.161. The minimum absolute atomic E-state index is 0.0953. The molecule has 0 spiro atoms. The third-order valence-corrected chi connectivity index (χ3v) is 6.05. The molecule has 0 amide bonds. The maximum atomic E-state index is 13.9. The predicted molar refractivity (Wildman–Crippen MR) is 127 cm³/mol. The van der Waals surface area contributed by atoms with Crippen LogP contribution in [0.2, 0.25) is 0 Å². The standard InChI is InChI=1S/C26H28O12/c1-12-9-13(2)11-14(10-12)17(22(29)35-5)26(25(32)38-8)18(23(30)36-6)15(20(27)33-3)16(21(28)34-4)19(26)24(31)37-7/h9-11,17H,1-8H3. The van der Waals surface area contributed by atoms with Crippen LogP contribution in [-0.4, -0.2) is 78.5 Å². The fourth-order valence-electron chi connectivity index (χ4n) is 4.74. The molecule has 0 aliphatic heterocycles. The average Bonchev–Trinajstić information content (AvgIpc) is 3.22. The Bertz CT molecular complexity index is 1190. The minimum atomic E-state index is -2.81. The second kappa shape index (κ2) is 11.7. The number of ether oxygens (including phenoxy) is 6. The van der Waals surface area contributed by atoms with Crippen LogP contribution in [0.15, 0.2) is 40.5 Å². The molecule has 1 atom stereocenters. The van der Waals surface area contributed by atoms with Crippen LogP contribution in [0.3, 0.4) is 0 Å². The van der Waals surface area contributed by atoms with Crippen molar-refractivity contribution in [3.63, 3.8) is 0 Å². The molecule has 0 heterocycles. The molecule has 38 heavy (non-hydrogen) atoms. The summed E-state index contributed by atoms with van der Waals surface area (Å²) < 4.78 is 29.4. The fourth-order valence-corrected chi connectivity index (χ4v) is 4.74. The van der Waals surface area contributed by atoms with E-state index in [1.165, 1.54) is 12.1 Å². The van der Waals surface area contributed by atoms with Gasteiger partial charge in [0.2, 0.25) is 0 Å². The molecular weight excluding hydrogens is 504 g/mol. The second-order valence-corrected chi connectivity index (χ2v) is 8.14. The van der Waals surface area contributed by atoms with E-state index in [1.807, 2.05) is 0 Å². The molecule has 12 nitrogen and oxygen atoms in total. The number of methoxy groups -OCH3 is 6. The summed E-state index contributed by atoms with van der Waals surface area (Å²) in [5.74, 6) is -9.62. The summed E-state index contributed by atoms with van der Waals surface area (Å²) in [4.78, 5) is 80.4. The molecule has 204 valence electrons. The third-order valence-electron chi connectivity index (χ3n) is 6.05. The molecule has 12 heteroatoms. The monoisotopic (exact) mass is 532 g/mol. The Labute approximate surface area is 218 Å². The molecule has 0 fully saturated rings. The highest BCUT2D eigenvalue weighted by atomic mass is 16.6. The van der Waals surface area contributed by atoms with Gasteiger partial charge in [-0.1, -0.05) is 29.3 Å². The lowest BCUT2D eigenvalue weighted by atomic mass is 9.63. The molecule has 0 aromatic heterocycles. The number of rotatable bonds is 8. The first-order chi connectivity index (χ1) is 17.9. The van der Waals surface area contributed by atoms with Crippen LogP contribution >= 0.6 is 0 Å². The lowest BCUT2D eigenvalue weighted by Crippen LogP contribution is -2.48. The molecule has 0 bridgehead atoms. The fraction of sp³-hybridized carbons (Fsp3) is 0.385. The Morgan fingerprint density at radius 1 is 0.579 bits per heavy atom. The summed E-state index contributed by atoms with van der Waals surface area (Å²) >= 11 is 0. The van der Waals surface area contributed by atoms with Crippen LogP contribution in [0.25, 0.3) is 0 Å². The molecule has 1 unspecified atom stereocenters. The van der Waals surface area contributed by atoms with Crippen molar-refractivity contribution >= 4 is 35.8 Å². The van der Waals surface area contributed by atoms with E-state index < -0.39 is 69.4 Å². The molecule has 2 rings (SSSR count). The van der Waals surface area contributed by atoms with Gasteiger partial charge in [0.05, 0.1) is 65.0 Å². The quantitative estimate of drug-likeness (QED) is 0.346. The highest BCUT2D eigenvalue weighted by molar-refractivity contribution is 6.24. The van der Waals surface area contributed by atoms with E-state index in [2.05, 4.69) is 0 Å². The van der Waals surface area contributed by atoms with Gasteiger partial charge in [-0.15, -0.1) is 0 Å². The number of hydrogen-bond donors (Lipinski definition) is 0. The highest BCUT2D eigenvalue weighted by Crippen LogP contribution is 2.58. The summed E-state index contributed by atoms with van der Waals surface area (Å²) in [6.45, 7) is 3.41. The van der Waals surface area contributed by atoms with Crippen LogP contribution in [0.4, 0.5) is 0 Å². The molecule has 0 saturated carbocycles. The SMILES string of the molecule is COC(=O)C1=C(C(=O)OC)C(C(=O)OC)(C(C(=O)OC)c2cc(C)cc(C)c2)C(C(=O)OC)=C1C(=O)OC. The van der Waals surface area contributed by atoms with E-state index in [4.69, 9.17) is 28.4 Å². The van der Waals surface area contributed by atoms with E-state index in [0.717, 1.165) is 42.7 Å². The maximum Gasteiger partial charge on any atom is 0.339 e. The highest BCUT2D eigenvalue weighted by Gasteiger charge is 2.68. The van der Waals surface area contributed by atoms with Gasteiger partial charge in [-0.05, 0) is 19.4 Å². The first-order valence-corrected chi connectivity index (χ1v) is 11.0. The van der Waals surface area contributed by atoms with Gasteiger partial charge < -0.3 is 28.4 Å². The summed E-state index contributed by atoms with van der Waals surface area (Å²) in [7, 11) is 5.70. The summed E-state index contributed by atoms with van der Waals surface area (Å²) in [5, 5.41) is 0. The number of carbonyl (C=O) groups excluding carboxylic acids is 6. The third kappa shape index (κ3) is 4.64. The van der Waals surface area contributed by atoms with Crippen LogP contribution in [0, 0.1) is 19.3 Å². The number of aryl methyl sites for hydroxylation is 2. The van der Waals surface area contributed by atoms with Crippen LogP contribution in [0.5, 0.6) is 0 Å². The van der Waals surface area contributed by atoms with Crippen molar-refractivity contribution in [1.29, 1.82) is 0 Å². The molecular formula is C26H28O12. The van der Waals surface area contributed by atoms with Crippen molar-refractivity contribution in [2.75, 3.05) is 42.7 Å². The first-order valence-electron chi connectivity index (χ1n) is 11.0. The van der Waals surface area contributed by atoms with Crippen LogP contribution in [0.1, 0.15) is 22.6 Å². The lowest BCUT2D eigenvalue weighted by Gasteiger charge is -2.36. The van der Waals surface area contributed by atoms with Crippen molar-refractivity contribution in [2.45, 2.75) is 19.8 Å². The smallest absolute Gasteiger partial charge is 0.339 e. The zero-order valence-corrected chi connectivity index (χ0v) is 22.2. The van der Waals surface area contributed by atoms with Gasteiger partial charge in [0.1, 0.15) is 5.92 Å². The van der Waals surface area contributed by atoms with Crippen molar-refractivity contribution in [1.82, 2.24) is 0 Å². The van der Waals surface area contributed by atoms with E-state index in [1.54, 1.807) is 19.9 Å². The Kier molecular flexibility index (Phi) is 9.17. The van der Waals surface area contributed by atoms with Gasteiger partial charge >= 0.3 is 35.8 Å². The van der Waals surface area contributed by atoms with Gasteiger partial charge in [-0.25, -0.2) is 19.2 Å². The normalized spacial score (nSPS) is 14.8. The first kappa shape index (κ1) is 29.7. The Morgan fingerprint density at radius 2 is 0.974 bits per heavy atom. The van der Waals surface area contributed by atoms with Crippen LogP contribution in [-0.2, 0) is 57.2 Å². The second-order valence-electron chi connectivity index (χ2n) is 8.14. The average molecular weight is 532 g/mol. The molecule has 1 aliphatic carbocycles. The van der Waals surface area contributed by atoms with E-state index >= 15 is 0 Å². The summed E-state index contributed by atoms with van der Waals surface area (Å²) in [5.41, 5.74) is -4.84. The minimum Gasteiger partial charge on any atom is -0.469 e. The van der Waals surface area contributed by atoms with Crippen molar-refractivity contribution in [2.24, 2.45) is 5.41 Å². The largest absolute Gasteiger partial charge is 0.469 e. The van der Waals surface area contributed by atoms with E-state index in [0.29, 0.717) is 11.1 Å². The molecule has 0 saturated heterocycles. The van der Waals surface area contributed by atoms with Gasteiger partial charge in [0.25, 0.3) is 0 Å². The van der Waals surface area contributed by atoms with Gasteiger partial charge in [-0.2, -0.15) is 0 Å².